The highest BCUT2D eigenvalue weighted by atomic mass is 19.3. The molecule has 0 aromatic carbocycles. The maximum absolute atomic E-state index is 11.7. The number of hydrogen-bond acceptors (Lipinski definition) is 3. The van der Waals surface area contributed by atoms with Crippen LogP contribution in [0, 0.1) is 5.92 Å². The summed E-state index contributed by atoms with van der Waals surface area (Å²) in [7, 11) is 0. The Morgan fingerprint density at radius 3 is 2.42 bits per heavy atom. The van der Waals surface area contributed by atoms with Crippen LogP contribution in [0.5, 0.6) is 0 Å². The molecule has 1 atom stereocenters. The zero-order valence-electron chi connectivity index (χ0n) is 11.0. The molecule has 3 N–H and O–H groups in total. The predicted octanol–water partition coefficient (Wildman–Crippen LogP) is 1.07. The Kier molecular flexibility index (Phi) is 8.77. The molecule has 0 rings (SSSR count). The zero-order valence-corrected chi connectivity index (χ0v) is 11.0. The summed E-state index contributed by atoms with van der Waals surface area (Å²) >= 11 is 0. The van der Waals surface area contributed by atoms with E-state index in [-0.39, 0.29) is 19.1 Å². The summed E-state index contributed by atoms with van der Waals surface area (Å²) < 4.78 is 28.0. The van der Waals surface area contributed by atoms with E-state index in [1.54, 1.807) is 0 Å². The third-order valence-corrected chi connectivity index (χ3v) is 2.09. The van der Waals surface area contributed by atoms with Crippen LogP contribution in [0.25, 0.3) is 0 Å². The Morgan fingerprint density at radius 2 is 1.95 bits per heavy atom. The second-order valence-electron chi connectivity index (χ2n) is 4.39. The average molecular weight is 282 g/mol. The minimum Gasteiger partial charge on any atom is -0.480 e. The molecule has 19 heavy (non-hydrogen) atoms. The largest absolute Gasteiger partial charge is 0.480 e. The number of urea groups is 1. The van der Waals surface area contributed by atoms with Gasteiger partial charge in [-0.2, -0.15) is 0 Å². The van der Waals surface area contributed by atoms with Crippen LogP contribution in [0.15, 0.2) is 0 Å². The van der Waals surface area contributed by atoms with E-state index in [2.05, 4.69) is 15.4 Å². The monoisotopic (exact) mass is 282 g/mol. The van der Waals surface area contributed by atoms with Crippen molar-refractivity contribution in [3.05, 3.63) is 0 Å². The van der Waals surface area contributed by atoms with Crippen molar-refractivity contribution in [2.24, 2.45) is 5.92 Å². The molecule has 0 aliphatic carbocycles. The molecule has 0 aliphatic heterocycles. The number of rotatable bonds is 9. The van der Waals surface area contributed by atoms with Crippen molar-refractivity contribution in [1.82, 2.24) is 10.6 Å². The minimum atomic E-state index is -2.55. The van der Waals surface area contributed by atoms with E-state index in [4.69, 9.17) is 5.11 Å². The normalized spacial score (nSPS) is 12.5. The second-order valence-corrected chi connectivity index (χ2v) is 4.39. The van der Waals surface area contributed by atoms with Crippen LogP contribution in [0.2, 0.25) is 0 Å². The molecule has 0 radical (unpaired) electrons. The lowest BCUT2D eigenvalue weighted by atomic mass is 10.0. The summed E-state index contributed by atoms with van der Waals surface area (Å²) in [6.07, 6.45) is -2.23. The molecule has 0 aromatic rings. The molecular weight excluding hydrogens is 262 g/mol. The lowest BCUT2D eigenvalue weighted by molar-refractivity contribution is -0.139. The number of halogens is 2. The molecule has 8 heteroatoms. The number of alkyl halides is 2. The van der Waals surface area contributed by atoms with Crippen molar-refractivity contribution in [1.29, 1.82) is 0 Å². The molecule has 0 aliphatic rings. The summed E-state index contributed by atoms with van der Waals surface area (Å²) in [5, 5.41) is 13.5. The van der Waals surface area contributed by atoms with Crippen LogP contribution >= 0.6 is 0 Å². The highest BCUT2D eigenvalue weighted by Crippen LogP contribution is 2.04. The van der Waals surface area contributed by atoms with Gasteiger partial charge in [-0.1, -0.05) is 13.8 Å². The highest BCUT2D eigenvalue weighted by molar-refractivity contribution is 5.82. The first kappa shape index (κ1) is 17.6. The first-order chi connectivity index (χ1) is 8.82. The van der Waals surface area contributed by atoms with Gasteiger partial charge in [-0.25, -0.2) is 18.4 Å². The van der Waals surface area contributed by atoms with E-state index in [0.29, 0.717) is 6.42 Å². The Labute approximate surface area is 110 Å². The molecule has 0 saturated heterocycles. The van der Waals surface area contributed by atoms with Gasteiger partial charge in [0.05, 0.1) is 6.61 Å². The summed E-state index contributed by atoms with van der Waals surface area (Å²) in [4.78, 5) is 22.2. The molecular formula is C11H20F2N2O4. The fourth-order valence-corrected chi connectivity index (χ4v) is 1.31. The van der Waals surface area contributed by atoms with Crippen LogP contribution < -0.4 is 10.6 Å². The van der Waals surface area contributed by atoms with Crippen molar-refractivity contribution in [3.8, 4) is 0 Å². The fourth-order valence-electron chi connectivity index (χ4n) is 1.31. The number of carbonyl (C=O) groups excluding carboxylic acids is 1. The molecule has 0 saturated carbocycles. The van der Waals surface area contributed by atoms with E-state index in [9.17, 15) is 18.4 Å². The van der Waals surface area contributed by atoms with Crippen LogP contribution in [0.1, 0.15) is 20.3 Å². The Balaban J connectivity index is 3.84. The van der Waals surface area contributed by atoms with Gasteiger partial charge in [0, 0.05) is 6.54 Å². The Bertz CT molecular complexity index is 288. The van der Waals surface area contributed by atoms with Crippen LogP contribution in [0.4, 0.5) is 13.6 Å². The van der Waals surface area contributed by atoms with Gasteiger partial charge >= 0.3 is 12.0 Å². The summed E-state index contributed by atoms with van der Waals surface area (Å²) in [6, 6.07) is -1.63. The molecule has 0 fully saturated rings. The number of carboxylic acid groups (broad SMARTS) is 1. The zero-order chi connectivity index (χ0) is 14.8. The number of hydrogen-bond donors (Lipinski definition) is 3. The standard InChI is InChI=1S/C11H20F2N2O4/c1-7(2)5-8(10(16)17)15-11(18)14-3-4-19-6-9(12)13/h7-9H,3-6H2,1-2H3,(H,16,17)(H2,14,15,18)/t8-/m0/s1. The molecule has 0 aromatic heterocycles. The maximum atomic E-state index is 11.7. The SMILES string of the molecule is CC(C)C[C@H](NC(=O)NCCOCC(F)F)C(=O)O. The van der Waals surface area contributed by atoms with Crippen molar-refractivity contribution in [3.63, 3.8) is 0 Å². The van der Waals surface area contributed by atoms with Gasteiger partial charge in [0.25, 0.3) is 6.43 Å². The van der Waals surface area contributed by atoms with Crippen molar-refractivity contribution in [2.45, 2.75) is 32.7 Å². The van der Waals surface area contributed by atoms with E-state index in [0.717, 1.165) is 0 Å². The third kappa shape index (κ3) is 10.2. The van der Waals surface area contributed by atoms with Gasteiger partial charge in [-0.05, 0) is 12.3 Å². The smallest absolute Gasteiger partial charge is 0.326 e. The second kappa shape index (κ2) is 9.48. The number of aliphatic carboxylic acids is 1. The van der Waals surface area contributed by atoms with Crippen LogP contribution in [-0.4, -0.2) is 49.3 Å². The molecule has 112 valence electrons. The third-order valence-electron chi connectivity index (χ3n) is 2.09. The lowest BCUT2D eigenvalue weighted by Gasteiger charge is -2.16. The van der Waals surface area contributed by atoms with Crippen LogP contribution in [0.3, 0.4) is 0 Å². The van der Waals surface area contributed by atoms with Crippen molar-refractivity contribution >= 4 is 12.0 Å². The van der Waals surface area contributed by atoms with Gasteiger partial charge in [0.2, 0.25) is 0 Å². The van der Waals surface area contributed by atoms with E-state index >= 15 is 0 Å². The average Bonchev–Trinajstić information content (AvgIpc) is 2.26. The van der Waals surface area contributed by atoms with Gasteiger partial charge in [-0.15, -0.1) is 0 Å². The van der Waals surface area contributed by atoms with Crippen molar-refractivity contribution < 1.29 is 28.2 Å². The van der Waals surface area contributed by atoms with Gasteiger partial charge in [0.1, 0.15) is 12.6 Å². The Hall–Kier alpha value is -1.44. The Morgan fingerprint density at radius 1 is 1.32 bits per heavy atom. The quantitative estimate of drug-likeness (QED) is 0.552. The summed E-state index contributed by atoms with van der Waals surface area (Å²) in [5.74, 6) is -0.992. The molecule has 0 heterocycles. The molecule has 2 amide bonds. The van der Waals surface area contributed by atoms with Gasteiger partial charge in [-0.3, -0.25) is 0 Å². The van der Waals surface area contributed by atoms with E-state index in [1.165, 1.54) is 0 Å². The van der Waals surface area contributed by atoms with E-state index in [1.807, 2.05) is 13.8 Å². The topological polar surface area (TPSA) is 87.7 Å². The number of ether oxygens (including phenoxy) is 1. The number of amides is 2. The highest BCUT2D eigenvalue weighted by Gasteiger charge is 2.20. The fraction of sp³-hybridized carbons (Fsp3) is 0.818. The van der Waals surface area contributed by atoms with E-state index < -0.39 is 31.1 Å². The van der Waals surface area contributed by atoms with Gasteiger partial charge in [0.15, 0.2) is 0 Å². The summed E-state index contributed by atoms with van der Waals surface area (Å²) in [6.45, 7) is 2.97. The molecule has 0 bridgehead atoms. The number of nitrogens with one attached hydrogen (secondary N) is 2. The number of carboxylic acids is 1. The van der Waals surface area contributed by atoms with Gasteiger partial charge < -0.3 is 20.5 Å². The maximum Gasteiger partial charge on any atom is 0.326 e. The molecule has 0 spiro atoms. The van der Waals surface area contributed by atoms with Crippen LogP contribution in [-0.2, 0) is 9.53 Å². The minimum absolute atomic E-state index is 0.0343. The lowest BCUT2D eigenvalue weighted by Crippen LogP contribution is -2.47. The molecule has 0 unspecified atom stereocenters. The van der Waals surface area contributed by atoms with Crippen molar-refractivity contribution in [2.75, 3.05) is 19.8 Å². The number of carbonyl (C=O) groups is 2. The first-order valence-electron chi connectivity index (χ1n) is 5.96. The predicted molar refractivity (Wildman–Crippen MR) is 64.2 cm³/mol. The first-order valence-corrected chi connectivity index (χ1v) is 5.96. The summed E-state index contributed by atoms with van der Waals surface area (Å²) in [5.41, 5.74) is 0. The molecule has 6 nitrogen and oxygen atoms in total.